The van der Waals surface area contributed by atoms with Crippen molar-refractivity contribution in [2.24, 2.45) is 17.8 Å². The summed E-state index contributed by atoms with van der Waals surface area (Å²) in [6.07, 6.45) is 5.03. The highest BCUT2D eigenvalue weighted by molar-refractivity contribution is 5.96. The first-order valence-electron chi connectivity index (χ1n) is 6.05. The summed E-state index contributed by atoms with van der Waals surface area (Å²) in [6.45, 7) is 12.3. The largest absolute Gasteiger partial charge is 0.295 e. The van der Waals surface area contributed by atoms with Gasteiger partial charge in [0.05, 0.1) is 0 Å². The number of allylic oxidation sites excluding steroid dienone is 4. The zero-order valence-corrected chi connectivity index (χ0v) is 10.3. The Labute approximate surface area is 97.9 Å². The van der Waals surface area contributed by atoms with E-state index in [1.807, 2.05) is 6.92 Å². The number of rotatable bonds is 1. The highest BCUT2D eigenvalue weighted by atomic mass is 16.1. The SMILES string of the molecule is C=C(C)[C@H]1CCC(=C)[C@H]2CC(=O)C(C)=C[C@H]12. The van der Waals surface area contributed by atoms with Crippen molar-refractivity contribution in [1.29, 1.82) is 0 Å². The molecule has 16 heavy (non-hydrogen) atoms. The van der Waals surface area contributed by atoms with E-state index in [1.54, 1.807) is 0 Å². The van der Waals surface area contributed by atoms with E-state index in [1.165, 1.54) is 11.1 Å². The Morgan fingerprint density at radius 1 is 1.50 bits per heavy atom. The first-order valence-corrected chi connectivity index (χ1v) is 6.05. The molecule has 2 aliphatic carbocycles. The summed E-state index contributed by atoms with van der Waals surface area (Å²) >= 11 is 0. The molecule has 0 aliphatic heterocycles. The fraction of sp³-hybridized carbons (Fsp3) is 0.533. The van der Waals surface area contributed by atoms with Gasteiger partial charge in [-0.3, -0.25) is 4.79 Å². The van der Waals surface area contributed by atoms with Gasteiger partial charge in [0.15, 0.2) is 5.78 Å². The first kappa shape index (κ1) is 11.4. The molecular weight excluding hydrogens is 196 g/mol. The van der Waals surface area contributed by atoms with Crippen LogP contribution in [0, 0.1) is 17.8 Å². The smallest absolute Gasteiger partial charge is 0.158 e. The Morgan fingerprint density at radius 3 is 2.81 bits per heavy atom. The van der Waals surface area contributed by atoms with E-state index in [0.717, 1.165) is 18.4 Å². The zero-order chi connectivity index (χ0) is 11.9. The zero-order valence-electron chi connectivity index (χ0n) is 10.3. The summed E-state index contributed by atoms with van der Waals surface area (Å²) < 4.78 is 0. The number of Topliss-reactive ketones (excluding diaryl/α,β-unsaturated/α-hetero) is 1. The number of hydrogen-bond donors (Lipinski definition) is 0. The molecular formula is C15H20O. The van der Waals surface area contributed by atoms with Gasteiger partial charge < -0.3 is 0 Å². The molecule has 0 spiro atoms. The third-order valence-electron chi connectivity index (χ3n) is 4.15. The molecule has 0 N–H and O–H groups in total. The van der Waals surface area contributed by atoms with Crippen LogP contribution in [0.2, 0.25) is 0 Å². The van der Waals surface area contributed by atoms with E-state index in [0.29, 0.717) is 30.0 Å². The molecule has 1 fully saturated rings. The molecule has 0 aromatic heterocycles. The second kappa shape index (κ2) is 4.04. The lowest BCUT2D eigenvalue weighted by atomic mass is 9.63. The van der Waals surface area contributed by atoms with Crippen LogP contribution in [-0.2, 0) is 4.79 Å². The van der Waals surface area contributed by atoms with Gasteiger partial charge in [-0.25, -0.2) is 0 Å². The van der Waals surface area contributed by atoms with Gasteiger partial charge in [0.1, 0.15) is 0 Å². The summed E-state index contributed by atoms with van der Waals surface area (Å²) in [7, 11) is 0. The van der Waals surface area contributed by atoms with E-state index in [2.05, 4.69) is 26.2 Å². The molecule has 0 amide bonds. The lowest BCUT2D eigenvalue weighted by molar-refractivity contribution is -0.117. The minimum Gasteiger partial charge on any atom is -0.295 e. The van der Waals surface area contributed by atoms with E-state index in [4.69, 9.17) is 0 Å². The molecule has 0 saturated heterocycles. The van der Waals surface area contributed by atoms with Gasteiger partial charge in [0.2, 0.25) is 0 Å². The van der Waals surface area contributed by atoms with E-state index in [9.17, 15) is 4.79 Å². The van der Waals surface area contributed by atoms with E-state index >= 15 is 0 Å². The van der Waals surface area contributed by atoms with Crippen LogP contribution in [0.5, 0.6) is 0 Å². The molecule has 0 aromatic rings. The standard InChI is InChI=1S/C15H20O/c1-9(2)12-6-5-10(3)13-8-15(16)11(4)7-14(12)13/h7,12-14H,1,3,5-6,8H2,2,4H3/t12-,13-,14-/m1/s1. The number of fused-ring (bicyclic) bond motifs is 1. The Hall–Kier alpha value is -1.11. The van der Waals surface area contributed by atoms with Crippen LogP contribution < -0.4 is 0 Å². The van der Waals surface area contributed by atoms with Crippen molar-refractivity contribution in [1.82, 2.24) is 0 Å². The normalized spacial score (nSPS) is 34.4. The average Bonchev–Trinajstić information content (AvgIpc) is 2.21. The van der Waals surface area contributed by atoms with Crippen LogP contribution >= 0.6 is 0 Å². The first-order chi connectivity index (χ1) is 7.50. The van der Waals surface area contributed by atoms with Crippen LogP contribution in [0.25, 0.3) is 0 Å². The van der Waals surface area contributed by atoms with Crippen molar-refractivity contribution >= 4 is 5.78 Å². The van der Waals surface area contributed by atoms with Crippen LogP contribution in [0.15, 0.2) is 36.0 Å². The minimum absolute atomic E-state index is 0.296. The third-order valence-corrected chi connectivity index (χ3v) is 4.15. The molecule has 1 heteroatoms. The molecule has 1 nitrogen and oxygen atoms in total. The third kappa shape index (κ3) is 1.79. The molecule has 2 rings (SSSR count). The van der Waals surface area contributed by atoms with Crippen molar-refractivity contribution in [3.8, 4) is 0 Å². The Kier molecular flexibility index (Phi) is 2.88. The number of hydrogen-bond acceptors (Lipinski definition) is 1. The predicted molar refractivity (Wildman–Crippen MR) is 67.0 cm³/mol. The van der Waals surface area contributed by atoms with Crippen LogP contribution in [0.4, 0.5) is 0 Å². The van der Waals surface area contributed by atoms with Gasteiger partial charge in [-0.1, -0.05) is 30.4 Å². The summed E-state index contributed by atoms with van der Waals surface area (Å²) in [5.41, 5.74) is 3.45. The van der Waals surface area contributed by atoms with Crippen LogP contribution in [0.3, 0.4) is 0 Å². The van der Waals surface area contributed by atoms with Gasteiger partial charge >= 0.3 is 0 Å². The fourth-order valence-corrected chi connectivity index (χ4v) is 3.10. The highest BCUT2D eigenvalue weighted by Crippen LogP contribution is 2.45. The average molecular weight is 216 g/mol. The van der Waals surface area contributed by atoms with Gasteiger partial charge in [-0.15, -0.1) is 0 Å². The van der Waals surface area contributed by atoms with Crippen molar-refractivity contribution in [3.05, 3.63) is 36.0 Å². The number of carbonyl (C=O) groups excluding carboxylic acids is 1. The van der Waals surface area contributed by atoms with Crippen molar-refractivity contribution in [2.75, 3.05) is 0 Å². The molecule has 0 heterocycles. The van der Waals surface area contributed by atoms with Gasteiger partial charge in [-0.2, -0.15) is 0 Å². The van der Waals surface area contributed by atoms with Crippen LogP contribution in [0.1, 0.15) is 33.1 Å². The molecule has 0 radical (unpaired) electrons. The van der Waals surface area contributed by atoms with Crippen LogP contribution in [-0.4, -0.2) is 5.78 Å². The summed E-state index contributed by atoms with van der Waals surface area (Å²) in [5, 5.41) is 0. The molecule has 2 aliphatic rings. The Morgan fingerprint density at radius 2 is 2.19 bits per heavy atom. The predicted octanol–water partition coefficient (Wildman–Crippen LogP) is 3.68. The topological polar surface area (TPSA) is 17.1 Å². The minimum atomic E-state index is 0.296. The van der Waals surface area contributed by atoms with Crippen molar-refractivity contribution in [2.45, 2.75) is 33.1 Å². The van der Waals surface area contributed by atoms with Crippen molar-refractivity contribution < 1.29 is 4.79 Å². The van der Waals surface area contributed by atoms with E-state index in [-0.39, 0.29) is 0 Å². The monoisotopic (exact) mass is 216 g/mol. The number of ketones is 1. The molecule has 0 bridgehead atoms. The second-order valence-electron chi connectivity index (χ2n) is 5.31. The maximum absolute atomic E-state index is 11.7. The quantitative estimate of drug-likeness (QED) is 0.611. The van der Waals surface area contributed by atoms with Crippen molar-refractivity contribution in [3.63, 3.8) is 0 Å². The molecule has 3 atom stereocenters. The van der Waals surface area contributed by atoms with Gasteiger partial charge in [-0.05, 0) is 50.0 Å². The van der Waals surface area contributed by atoms with Gasteiger partial charge in [0, 0.05) is 6.42 Å². The van der Waals surface area contributed by atoms with Gasteiger partial charge in [0.25, 0.3) is 0 Å². The summed E-state index contributed by atoms with van der Waals surface area (Å²) in [4.78, 5) is 11.7. The lowest BCUT2D eigenvalue weighted by Crippen LogP contribution is -2.34. The highest BCUT2D eigenvalue weighted by Gasteiger charge is 2.38. The van der Waals surface area contributed by atoms with E-state index < -0.39 is 0 Å². The fourth-order valence-electron chi connectivity index (χ4n) is 3.10. The summed E-state index contributed by atoms with van der Waals surface area (Å²) in [6, 6.07) is 0. The molecule has 0 aromatic carbocycles. The Bertz CT molecular complexity index is 386. The number of carbonyl (C=O) groups is 1. The maximum Gasteiger partial charge on any atom is 0.158 e. The lowest BCUT2D eigenvalue weighted by Gasteiger charge is -2.41. The summed E-state index contributed by atoms with van der Waals surface area (Å²) in [5.74, 6) is 1.67. The molecule has 86 valence electrons. The molecule has 1 saturated carbocycles. The second-order valence-corrected chi connectivity index (χ2v) is 5.31. The maximum atomic E-state index is 11.7. The Balaban J connectivity index is 2.35. The molecule has 0 unspecified atom stereocenters.